The lowest BCUT2D eigenvalue weighted by molar-refractivity contribution is -0.134. The maximum Gasteiger partial charge on any atom is 0.327 e. The van der Waals surface area contributed by atoms with Crippen molar-refractivity contribution >= 4 is 29.6 Å². The molecule has 3 rings (SSSR count). The maximum absolute atomic E-state index is 12.6. The average molecular weight is 349 g/mol. The zero-order valence-electron chi connectivity index (χ0n) is 13.9. The van der Waals surface area contributed by atoms with E-state index in [1.807, 2.05) is 6.26 Å². The summed E-state index contributed by atoms with van der Waals surface area (Å²) in [5.74, 6) is -0.333. The van der Waals surface area contributed by atoms with E-state index in [1.54, 1.807) is 11.9 Å². The Hall–Kier alpha value is -2.16. The number of thioether (sulfide) groups is 1. The van der Waals surface area contributed by atoms with Gasteiger partial charge in [-0.05, 0) is 19.1 Å². The molecule has 4 amide bonds. The highest BCUT2D eigenvalue weighted by molar-refractivity contribution is 7.98. The van der Waals surface area contributed by atoms with Crippen LogP contribution in [-0.4, -0.2) is 81.5 Å². The molecule has 0 radical (unpaired) electrons. The highest BCUT2D eigenvalue weighted by Gasteiger charge is 2.55. The highest BCUT2D eigenvalue weighted by Crippen LogP contribution is 2.35. The Morgan fingerprint density at radius 3 is 2.21 bits per heavy atom. The SMILES string of the molecule is CSc1ncc(C(=O)N2CCC3(CC2)C(=O)N(C)C(=O)N3C)cn1. The van der Waals surface area contributed by atoms with E-state index in [2.05, 4.69) is 9.97 Å². The van der Waals surface area contributed by atoms with Gasteiger partial charge in [-0.3, -0.25) is 14.5 Å². The van der Waals surface area contributed by atoms with Gasteiger partial charge < -0.3 is 9.80 Å². The third kappa shape index (κ3) is 2.43. The molecule has 2 aliphatic heterocycles. The molecule has 0 atom stereocenters. The second-order valence-corrected chi connectivity index (χ2v) is 6.76. The molecule has 2 aliphatic rings. The number of aromatic nitrogens is 2. The summed E-state index contributed by atoms with van der Waals surface area (Å²) in [5, 5.41) is 0.615. The molecule has 0 aliphatic carbocycles. The molecule has 1 spiro atoms. The van der Waals surface area contributed by atoms with Crippen molar-refractivity contribution in [2.75, 3.05) is 33.4 Å². The van der Waals surface area contributed by atoms with Gasteiger partial charge in [-0.15, -0.1) is 0 Å². The quantitative estimate of drug-likeness (QED) is 0.444. The summed E-state index contributed by atoms with van der Waals surface area (Å²) in [4.78, 5) is 49.6. The number of rotatable bonds is 2. The molecule has 0 saturated carbocycles. The molecule has 24 heavy (non-hydrogen) atoms. The lowest BCUT2D eigenvalue weighted by Gasteiger charge is -2.40. The number of amides is 4. The van der Waals surface area contributed by atoms with E-state index >= 15 is 0 Å². The van der Waals surface area contributed by atoms with Crippen LogP contribution in [0, 0.1) is 0 Å². The van der Waals surface area contributed by atoms with Crippen LogP contribution < -0.4 is 0 Å². The topological polar surface area (TPSA) is 86.7 Å². The van der Waals surface area contributed by atoms with Crippen molar-refractivity contribution in [2.24, 2.45) is 0 Å². The molecule has 8 nitrogen and oxygen atoms in total. The molecular formula is C15H19N5O3S. The largest absolute Gasteiger partial charge is 0.338 e. The zero-order valence-corrected chi connectivity index (χ0v) is 14.7. The zero-order chi connectivity index (χ0) is 17.5. The van der Waals surface area contributed by atoms with E-state index < -0.39 is 5.54 Å². The molecule has 9 heteroatoms. The fraction of sp³-hybridized carbons (Fsp3) is 0.533. The van der Waals surface area contributed by atoms with Gasteiger partial charge in [-0.2, -0.15) is 0 Å². The van der Waals surface area contributed by atoms with Crippen molar-refractivity contribution in [1.29, 1.82) is 0 Å². The lowest BCUT2D eigenvalue weighted by Crippen LogP contribution is -2.56. The van der Waals surface area contributed by atoms with Crippen molar-refractivity contribution < 1.29 is 14.4 Å². The second-order valence-electron chi connectivity index (χ2n) is 5.99. The standard InChI is InChI=1S/C15H19N5O3S/c1-18-12(22)15(19(2)14(18)23)4-6-20(7-5-15)11(21)10-8-16-13(24-3)17-9-10/h8-9H,4-7H2,1-3H3. The smallest absolute Gasteiger partial charge is 0.327 e. The number of nitrogens with zero attached hydrogens (tertiary/aromatic N) is 5. The minimum Gasteiger partial charge on any atom is -0.338 e. The first-order valence-electron chi connectivity index (χ1n) is 7.62. The Morgan fingerprint density at radius 1 is 1.17 bits per heavy atom. The third-order valence-electron chi connectivity index (χ3n) is 4.85. The highest BCUT2D eigenvalue weighted by atomic mass is 32.2. The third-order valence-corrected chi connectivity index (χ3v) is 5.43. The van der Waals surface area contributed by atoms with Gasteiger partial charge in [0, 0.05) is 39.6 Å². The fourth-order valence-electron chi connectivity index (χ4n) is 3.29. The minimum absolute atomic E-state index is 0.148. The van der Waals surface area contributed by atoms with Crippen LogP contribution in [0.5, 0.6) is 0 Å². The van der Waals surface area contributed by atoms with Crippen LogP contribution in [0.2, 0.25) is 0 Å². The number of urea groups is 1. The van der Waals surface area contributed by atoms with Crippen LogP contribution in [0.4, 0.5) is 4.79 Å². The molecule has 1 aromatic heterocycles. The monoisotopic (exact) mass is 349 g/mol. The molecule has 0 bridgehead atoms. The van der Waals surface area contributed by atoms with Gasteiger partial charge in [0.05, 0.1) is 5.56 Å². The Morgan fingerprint density at radius 2 is 1.75 bits per heavy atom. The normalized spacial score (nSPS) is 20.2. The Kier molecular flexibility index (Phi) is 4.20. The maximum atomic E-state index is 12.6. The van der Waals surface area contributed by atoms with Gasteiger partial charge in [-0.1, -0.05) is 11.8 Å². The minimum atomic E-state index is -0.818. The van der Waals surface area contributed by atoms with Crippen molar-refractivity contribution in [3.63, 3.8) is 0 Å². The molecule has 128 valence electrons. The predicted molar refractivity (Wildman–Crippen MR) is 87.6 cm³/mol. The van der Waals surface area contributed by atoms with Crippen molar-refractivity contribution in [1.82, 2.24) is 24.7 Å². The van der Waals surface area contributed by atoms with Gasteiger partial charge in [-0.25, -0.2) is 14.8 Å². The summed E-state index contributed by atoms with van der Waals surface area (Å²) < 4.78 is 0. The van der Waals surface area contributed by atoms with Gasteiger partial charge in [0.2, 0.25) is 0 Å². The molecule has 2 fully saturated rings. The number of likely N-dealkylation sites (tertiary alicyclic amines) is 1. The summed E-state index contributed by atoms with van der Waals surface area (Å²) in [7, 11) is 3.15. The van der Waals surface area contributed by atoms with Crippen LogP contribution >= 0.6 is 11.8 Å². The lowest BCUT2D eigenvalue weighted by atomic mass is 9.86. The summed E-state index contributed by atoms with van der Waals surface area (Å²) in [6, 6.07) is -0.291. The van der Waals surface area contributed by atoms with Crippen LogP contribution in [0.3, 0.4) is 0 Å². The second kappa shape index (κ2) is 6.04. The summed E-state index contributed by atoms with van der Waals surface area (Å²) >= 11 is 1.41. The number of hydrogen-bond acceptors (Lipinski definition) is 6. The van der Waals surface area contributed by atoms with Crippen molar-refractivity contribution in [3.05, 3.63) is 18.0 Å². The Labute approximate surface area is 144 Å². The number of likely N-dealkylation sites (N-methyl/N-ethyl adjacent to an activating group) is 2. The number of imide groups is 1. The van der Waals surface area contributed by atoms with Crippen molar-refractivity contribution in [3.8, 4) is 0 Å². The summed E-state index contributed by atoms with van der Waals surface area (Å²) in [5.41, 5.74) is -0.384. The predicted octanol–water partition coefficient (Wildman–Crippen LogP) is 0.697. The van der Waals surface area contributed by atoms with Gasteiger partial charge in [0.1, 0.15) is 5.54 Å². The van der Waals surface area contributed by atoms with Crippen LogP contribution in [-0.2, 0) is 4.79 Å². The van der Waals surface area contributed by atoms with Gasteiger partial charge >= 0.3 is 6.03 Å². The van der Waals surface area contributed by atoms with Crippen LogP contribution in [0.25, 0.3) is 0 Å². The molecule has 1 aromatic rings. The fourth-order valence-corrected chi connectivity index (χ4v) is 3.61. The number of carbonyl (C=O) groups excluding carboxylic acids is 3. The molecule has 0 aromatic carbocycles. The summed E-state index contributed by atoms with van der Waals surface area (Å²) in [6.07, 6.45) is 5.79. The molecular weight excluding hydrogens is 330 g/mol. The number of carbonyl (C=O) groups is 3. The number of piperidine rings is 1. The van der Waals surface area contributed by atoms with Crippen LogP contribution in [0.1, 0.15) is 23.2 Å². The average Bonchev–Trinajstić information content (AvgIpc) is 2.78. The molecule has 2 saturated heterocycles. The van der Waals surface area contributed by atoms with Crippen molar-refractivity contribution in [2.45, 2.75) is 23.5 Å². The van der Waals surface area contributed by atoms with Crippen LogP contribution in [0.15, 0.2) is 17.6 Å². The summed E-state index contributed by atoms with van der Waals surface area (Å²) in [6.45, 7) is 0.834. The van der Waals surface area contributed by atoms with E-state index in [-0.39, 0.29) is 17.8 Å². The molecule has 0 N–H and O–H groups in total. The van der Waals surface area contributed by atoms with E-state index in [0.29, 0.717) is 36.7 Å². The Balaban J connectivity index is 1.71. The van der Waals surface area contributed by atoms with E-state index in [9.17, 15) is 14.4 Å². The first-order chi connectivity index (χ1) is 11.4. The van der Waals surface area contributed by atoms with Gasteiger partial charge in [0.15, 0.2) is 5.16 Å². The Bertz CT molecular complexity index is 685. The van der Waals surface area contributed by atoms with E-state index in [1.165, 1.54) is 36.1 Å². The first kappa shape index (κ1) is 16.7. The van der Waals surface area contributed by atoms with E-state index in [0.717, 1.165) is 4.90 Å². The number of hydrogen-bond donors (Lipinski definition) is 0. The first-order valence-corrected chi connectivity index (χ1v) is 8.84. The van der Waals surface area contributed by atoms with Gasteiger partial charge in [0.25, 0.3) is 11.8 Å². The van der Waals surface area contributed by atoms with E-state index in [4.69, 9.17) is 0 Å². The molecule has 0 unspecified atom stereocenters. The molecule has 3 heterocycles.